The van der Waals surface area contributed by atoms with Crippen LogP contribution in [-0.4, -0.2) is 43.1 Å². The van der Waals surface area contributed by atoms with Gasteiger partial charge < -0.3 is 4.74 Å². The lowest BCUT2D eigenvalue weighted by Gasteiger charge is -2.05. The Morgan fingerprint density at radius 3 is 3.00 bits per heavy atom. The van der Waals surface area contributed by atoms with E-state index in [1.807, 2.05) is 18.2 Å². The molecule has 3 rings (SSSR count). The van der Waals surface area contributed by atoms with Gasteiger partial charge in [0.1, 0.15) is 6.33 Å². The Bertz CT molecular complexity index is 797. The molecule has 0 aliphatic heterocycles. The van der Waals surface area contributed by atoms with Crippen molar-refractivity contribution in [1.82, 2.24) is 29.9 Å². The number of fused-ring (bicyclic) bond motifs is 1. The van der Waals surface area contributed by atoms with Gasteiger partial charge in [0.15, 0.2) is 0 Å². The van der Waals surface area contributed by atoms with Gasteiger partial charge in [-0.2, -0.15) is 0 Å². The number of carbonyl (C=O) groups excluding carboxylic acids is 1. The van der Waals surface area contributed by atoms with E-state index in [-0.39, 0.29) is 0 Å². The number of methoxy groups -OCH3 is 1. The van der Waals surface area contributed by atoms with Crippen molar-refractivity contribution in [3.8, 4) is 0 Å². The van der Waals surface area contributed by atoms with Crippen LogP contribution in [0.2, 0.25) is 0 Å². The van der Waals surface area contributed by atoms with Crippen molar-refractivity contribution in [1.29, 1.82) is 0 Å². The van der Waals surface area contributed by atoms with Crippen molar-refractivity contribution in [2.45, 2.75) is 10.1 Å². The number of imidazole rings is 1. The predicted molar refractivity (Wildman–Crippen MR) is 74.4 cm³/mol. The Labute approximate surface area is 123 Å². The fourth-order valence-electron chi connectivity index (χ4n) is 1.70. The molecule has 1 N–H and O–H groups in total. The monoisotopic (exact) mass is 305 g/mol. The fourth-order valence-corrected chi connectivity index (χ4v) is 2.47. The minimum absolute atomic E-state index is 0.557. The summed E-state index contributed by atoms with van der Waals surface area (Å²) in [5.74, 6) is 0. The van der Waals surface area contributed by atoms with Crippen LogP contribution in [0.3, 0.4) is 0 Å². The number of rotatable bonds is 3. The summed E-state index contributed by atoms with van der Waals surface area (Å²) in [6.45, 7) is 0. The Hall–Kier alpha value is -2.62. The zero-order chi connectivity index (χ0) is 14.8. The maximum Gasteiger partial charge on any atom is 0.426 e. The smallest absolute Gasteiger partial charge is 0.426 e. The summed E-state index contributed by atoms with van der Waals surface area (Å²) in [6, 6.07) is 5.65. The van der Waals surface area contributed by atoms with E-state index >= 15 is 0 Å². The number of aryl methyl sites for hydroxylation is 1. The highest BCUT2D eigenvalue weighted by Crippen LogP contribution is 2.27. The van der Waals surface area contributed by atoms with E-state index in [1.165, 1.54) is 29.9 Å². The third-order valence-corrected chi connectivity index (χ3v) is 3.72. The summed E-state index contributed by atoms with van der Waals surface area (Å²) in [6.07, 6.45) is 0.956. The summed E-state index contributed by atoms with van der Waals surface area (Å²) in [5.41, 5.74) is 4.05. The van der Waals surface area contributed by atoms with E-state index in [4.69, 9.17) is 0 Å². The van der Waals surface area contributed by atoms with Crippen LogP contribution in [0, 0.1) is 0 Å². The maximum absolute atomic E-state index is 11.2. The second-order valence-corrected chi connectivity index (χ2v) is 5.10. The first-order chi connectivity index (χ1) is 10.2. The fraction of sp³-hybridized carbons (Fsp3) is 0.182. The van der Waals surface area contributed by atoms with Crippen LogP contribution >= 0.6 is 11.8 Å². The largest absolute Gasteiger partial charge is 0.452 e. The number of carbonyl (C=O) groups is 1. The number of benzene rings is 1. The Balaban J connectivity index is 1.88. The summed E-state index contributed by atoms with van der Waals surface area (Å²) < 4.78 is 7.64. The van der Waals surface area contributed by atoms with Crippen molar-refractivity contribution < 1.29 is 9.53 Å². The molecule has 0 saturated heterocycles. The van der Waals surface area contributed by atoms with E-state index in [9.17, 15) is 4.79 Å². The van der Waals surface area contributed by atoms with Crippen LogP contribution in [0.1, 0.15) is 0 Å². The van der Waals surface area contributed by atoms with Crippen molar-refractivity contribution in [2.24, 2.45) is 7.05 Å². The number of hydrogen-bond acceptors (Lipinski definition) is 7. The van der Waals surface area contributed by atoms with Crippen molar-refractivity contribution >= 4 is 28.9 Å². The molecule has 21 heavy (non-hydrogen) atoms. The topological polar surface area (TPSA) is 99.8 Å². The van der Waals surface area contributed by atoms with Gasteiger partial charge in [0.2, 0.25) is 5.16 Å². The molecule has 108 valence electrons. The van der Waals surface area contributed by atoms with E-state index in [0.717, 1.165) is 15.9 Å². The molecular formula is C11H11N7O2S. The maximum atomic E-state index is 11.2. The SMILES string of the molecule is COC(=O)Nn1cnc2cc(Sc3nnnn3C)ccc21. The van der Waals surface area contributed by atoms with E-state index in [1.54, 1.807) is 11.7 Å². The van der Waals surface area contributed by atoms with Gasteiger partial charge in [-0.05, 0) is 40.4 Å². The predicted octanol–water partition coefficient (Wildman–Crippen LogP) is 1.02. The normalized spacial score (nSPS) is 10.8. The van der Waals surface area contributed by atoms with Gasteiger partial charge in [-0.3, -0.25) is 0 Å². The van der Waals surface area contributed by atoms with Crippen LogP contribution < -0.4 is 5.43 Å². The molecule has 2 heterocycles. The molecule has 0 spiro atoms. The molecule has 1 aromatic carbocycles. The molecule has 9 nitrogen and oxygen atoms in total. The quantitative estimate of drug-likeness (QED) is 0.771. The van der Waals surface area contributed by atoms with Gasteiger partial charge >= 0.3 is 6.09 Å². The van der Waals surface area contributed by atoms with Gasteiger partial charge in [-0.1, -0.05) is 0 Å². The van der Waals surface area contributed by atoms with Gasteiger partial charge in [-0.15, -0.1) is 5.10 Å². The number of amides is 1. The first-order valence-electron chi connectivity index (χ1n) is 5.89. The van der Waals surface area contributed by atoms with Gasteiger partial charge in [0.05, 0.1) is 18.1 Å². The minimum atomic E-state index is -0.557. The number of nitrogens with zero attached hydrogens (tertiary/aromatic N) is 6. The van der Waals surface area contributed by atoms with E-state index < -0.39 is 6.09 Å². The standard InChI is InChI=1S/C11H11N7O2S/c1-17-10(13-15-16-17)21-7-3-4-9-8(5-7)12-6-18(9)14-11(19)20-2/h3-6H,1-2H3,(H,14,19). The Morgan fingerprint density at radius 2 is 2.29 bits per heavy atom. The second kappa shape index (κ2) is 5.40. The zero-order valence-electron chi connectivity index (χ0n) is 11.2. The summed E-state index contributed by atoms with van der Waals surface area (Å²) in [5, 5.41) is 12.0. The van der Waals surface area contributed by atoms with Gasteiger partial charge in [0.25, 0.3) is 0 Å². The first-order valence-corrected chi connectivity index (χ1v) is 6.71. The molecule has 2 aromatic heterocycles. The highest BCUT2D eigenvalue weighted by molar-refractivity contribution is 7.99. The number of ether oxygens (including phenoxy) is 1. The molecule has 0 bridgehead atoms. The first kappa shape index (κ1) is 13.4. The lowest BCUT2D eigenvalue weighted by Crippen LogP contribution is -2.21. The Morgan fingerprint density at radius 1 is 1.43 bits per heavy atom. The van der Waals surface area contributed by atoms with E-state index in [0.29, 0.717) is 5.16 Å². The van der Waals surface area contributed by atoms with Crippen LogP contribution in [-0.2, 0) is 11.8 Å². The lowest BCUT2D eigenvalue weighted by molar-refractivity contribution is 0.183. The van der Waals surface area contributed by atoms with Crippen LogP contribution in [0.5, 0.6) is 0 Å². The van der Waals surface area contributed by atoms with Crippen molar-refractivity contribution in [3.05, 3.63) is 24.5 Å². The highest BCUT2D eigenvalue weighted by atomic mass is 32.2. The van der Waals surface area contributed by atoms with Crippen LogP contribution in [0.15, 0.2) is 34.6 Å². The average Bonchev–Trinajstić information content (AvgIpc) is 3.06. The molecule has 1 amide bonds. The molecule has 0 saturated carbocycles. The summed E-state index contributed by atoms with van der Waals surface area (Å²) in [4.78, 5) is 16.4. The molecule has 0 aliphatic rings. The van der Waals surface area contributed by atoms with Crippen LogP contribution in [0.25, 0.3) is 11.0 Å². The van der Waals surface area contributed by atoms with Crippen molar-refractivity contribution in [2.75, 3.05) is 12.5 Å². The molecule has 0 aliphatic carbocycles. The molecule has 0 unspecified atom stereocenters. The summed E-state index contributed by atoms with van der Waals surface area (Å²) in [7, 11) is 3.08. The molecule has 3 aromatic rings. The van der Waals surface area contributed by atoms with Gasteiger partial charge in [0, 0.05) is 11.9 Å². The molecule has 10 heteroatoms. The average molecular weight is 305 g/mol. The molecule has 0 radical (unpaired) electrons. The Kier molecular flexibility index (Phi) is 3.44. The second-order valence-electron chi connectivity index (χ2n) is 4.06. The van der Waals surface area contributed by atoms with E-state index in [2.05, 4.69) is 30.7 Å². The van der Waals surface area contributed by atoms with Crippen LogP contribution in [0.4, 0.5) is 4.79 Å². The number of tetrazole rings is 1. The number of nitrogens with one attached hydrogen (secondary N) is 1. The third-order valence-electron chi connectivity index (χ3n) is 2.71. The summed E-state index contributed by atoms with van der Waals surface area (Å²) >= 11 is 1.43. The highest BCUT2D eigenvalue weighted by Gasteiger charge is 2.09. The lowest BCUT2D eigenvalue weighted by atomic mass is 10.3. The number of hydrogen-bond donors (Lipinski definition) is 1. The zero-order valence-corrected chi connectivity index (χ0v) is 12.0. The molecule has 0 atom stereocenters. The molecule has 0 fully saturated rings. The molecular weight excluding hydrogens is 294 g/mol. The van der Waals surface area contributed by atoms with Gasteiger partial charge in [-0.25, -0.2) is 24.6 Å². The minimum Gasteiger partial charge on any atom is -0.452 e. The number of aromatic nitrogens is 6. The van der Waals surface area contributed by atoms with Crippen molar-refractivity contribution in [3.63, 3.8) is 0 Å². The third kappa shape index (κ3) is 2.65.